The van der Waals surface area contributed by atoms with E-state index in [1.54, 1.807) is 0 Å². The fourth-order valence-corrected chi connectivity index (χ4v) is 2.56. The molecule has 0 aromatic heterocycles. The summed E-state index contributed by atoms with van der Waals surface area (Å²) in [4.78, 5) is 0. The van der Waals surface area contributed by atoms with Crippen LogP contribution in [0, 0.1) is 24.7 Å². The molecule has 0 heteroatoms. The Morgan fingerprint density at radius 1 is 0.889 bits per heavy atom. The molecule has 2 bridgehead atoms. The lowest BCUT2D eigenvalue weighted by Crippen LogP contribution is -2.12. The molecule has 2 fully saturated rings. The first-order chi connectivity index (χ1) is 4.34. The minimum atomic E-state index is 0.552. The van der Waals surface area contributed by atoms with Crippen LogP contribution >= 0.6 is 0 Å². The molecule has 2 saturated carbocycles. The first-order valence-electron chi connectivity index (χ1n) is 4.10. The van der Waals surface area contributed by atoms with E-state index in [1.807, 2.05) is 0 Å². The number of hydrogen-bond acceptors (Lipinski definition) is 0. The van der Waals surface area contributed by atoms with Crippen molar-refractivity contribution in [2.24, 2.45) is 17.8 Å². The van der Waals surface area contributed by atoms with Gasteiger partial charge in [-0.2, -0.15) is 0 Å². The van der Waals surface area contributed by atoms with Crippen LogP contribution < -0.4 is 0 Å². The lowest BCUT2D eigenvalue weighted by atomic mass is 9.82. The molecule has 9 heavy (non-hydrogen) atoms. The number of rotatable bonds is 0. The highest BCUT2D eigenvalue weighted by atomic mass is 14.4. The highest BCUT2D eigenvalue weighted by Gasteiger charge is 2.31. The van der Waals surface area contributed by atoms with Crippen LogP contribution in [0.5, 0.6) is 0 Å². The fourth-order valence-electron chi connectivity index (χ4n) is 2.56. The maximum atomic E-state index is 5.86. The second-order valence-corrected chi connectivity index (χ2v) is 3.78. The Hall–Kier alpha value is 0. The molecule has 2 unspecified atom stereocenters. The summed E-state index contributed by atoms with van der Waals surface area (Å²) in [6.07, 6.45) is 7.07. The zero-order chi connectivity index (χ0) is 6.27. The molecule has 0 amide bonds. The van der Waals surface area contributed by atoms with Gasteiger partial charge in [0, 0.05) is 0 Å². The summed E-state index contributed by atoms with van der Waals surface area (Å²) < 4.78 is 0. The van der Waals surface area contributed by atoms with E-state index in [-0.39, 0.29) is 0 Å². The summed E-state index contributed by atoms with van der Waals surface area (Å²) in [6.45, 7) is 5.86. The van der Waals surface area contributed by atoms with Crippen molar-refractivity contribution in [2.45, 2.75) is 32.1 Å². The topological polar surface area (TPSA) is 0 Å². The fraction of sp³-hybridized carbons (Fsp3) is 0.889. The van der Waals surface area contributed by atoms with Crippen molar-refractivity contribution in [2.75, 3.05) is 0 Å². The van der Waals surface area contributed by atoms with Gasteiger partial charge < -0.3 is 0 Å². The van der Waals surface area contributed by atoms with Crippen molar-refractivity contribution in [3.8, 4) is 0 Å². The van der Waals surface area contributed by atoms with Crippen molar-refractivity contribution >= 4 is 0 Å². The molecule has 2 radical (unpaired) electrons. The minimum Gasteiger partial charge on any atom is -0.0502 e. The van der Waals surface area contributed by atoms with Crippen LogP contribution in [-0.4, -0.2) is 0 Å². The van der Waals surface area contributed by atoms with Gasteiger partial charge in [-0.25, -0.2) is 0 Å². The molecule has 0 heterocycles. The maximum absolute atomic E-state index is 5.86. The predicted molar refractivity (Wildman–Crippen MR) is 37.9 cm³/mol. The summed E-state index contributed by atoms with van der Waals surface area (Å²) in [5.41, 5.74) is 0. The van der Waals surface area contributed by atoms with E-state index >= 15 is 0 Å². The second-order valence-electron chi connectivity index (χ2n) is 3.78. The molecular formula is C9H14. The van der Waals surface area contributed by atoms with Gasteiger partial charge in [0.15, 0.2) is 0 Å². The van der Waals surface area contributed by atoms with Gasteiger partial charge in [-0.05, 0) is 43.9 Å². The molecule has 0 saturated heterocycles. The standard InChI is InChI=1S/C9H14/c1-7-4-8-2-3-9(5-7)6-8/h1,7-9H,2-6H2. The monoisotopic (exact) mass is 122 g/mol. The Morgan fingerprint density at radius 3 is 2.00 bits per heavy atom. The molecule has 0 aromatic carbocycles. The summed E-state index contributed by atoms with van der Waals surface area (Å²) in [7, 11) is 0. The summed E-state index contributed by atoms with van der Waals surface area (Å²) >= 11 is 0. The number of hydrogen-bond donors (Lipinski definition) is 0. The highest BCUT2D eigenvalue weighted by molar-refractivity contribution is 4.85. The summed E-state index contributed by atoms with van der Waals surface area (Å²) in [5, 5.41) is 0. The Balaban J connectivity index is 2.03. The van der Waals surface area contributed by atoms with Crippen molar-refractivity contribution < 1.29 is 0 Å². The summed E-state index contributed by atoms with van der Waals surface area (Å²) in [6, 6.07) is 0. The van der Waals surface area contributed by atoms with Crippen LogP contribution in [0.25, 0.3) is 0 Å². The second kappa shape index (κ2) is 2.00. The molecule has 2 rings (SSSR count). The zero-order valence-electron chi connectivity index (χ0n) is 5.84. The molecule has 0 N–H and O–H groups in total. The first kappa shape index (κ1) is 5.76. The lowest BCUT2D eigenvalue weighted by Gasteiger charge is -2.23. The molecule has 0 aliphatic heterocycles. The van der Waals surface area contributed by atoms with Crippen LogP contribution in [0.1, 0.15) is 32.1 Å². The van der Waals surface area contributed by atoms with Gasteiger partial charge >= 0.3 is 0 Å². The molecular weight excluding hydrogens is 108 g/mol. The molecule has 0 spiro atoms. The molecule has 2 aliphatic carbocycles. The van der Waals surface area contributed by atoms with E-state index in [2.05, 4.69) is 0 Å². The van der Waals surface area contributed by atoms with Crippen molar-refractivity contribution in [1.29, 1.82) is 0 Å². The van der Waals surface area contributed by atoms with Gasteiger partial charge in [0.2, 0.25) is 0 Å². The van der Waals surface area contributed by atoms with Crippen molar-refractivity contribution in [3.63, 3.8) is 0 Å². The third kappa shape index (κ3) is 0.997. The van der Waals surface area contributed by atoms with E-state index in [0.717, 1.165) is 11.8 Å². The van der Waals surface area contributed by atoms with Gasteiger partial charge in [0.1, 0.15) is 0 Å². The zero-order valence-corrected chi connectivity index (χ0v) is 5.84. The van der Waals surface area contributed by atoms with Gasteiger partial charge in [-0.1, -0.05) is 12.8 Å². The third-order valence-electron chi connectivity index (χ3n) is 2.92. The molecule has 2 aliphatic rings. The third-order valence-corrected chi connectivity index (χ3v) is 2.92. The molecule has 0 aromatic rings. The Kier molecular flexibility index (Phi) is 1.28. The minimum absolute atomic E-state index is 0.552. The van der Waals surface area contributed by atoms with E-state index in [1.165, 1.54) is 32.1 Å². The molecule has 50 valence electrons. The SMILES string of the molecule is [CH]C1CC2CCC(C1)C2. The quantitative estimate of drug-likeness (QED) is 0.463. The molecule has 2 atom stereocenters. The predicted octanol–water partition coefficient (Wildman–Crippen LogP) is 2.52. The Bertz CT molecular complexity index is 94.6. The van der Waals surface area contributed by atoms with Crippen LogP contribution in [0.15, 0.2) is 0 Å². The average molecular weight is 122 g/mol. The Labute approximate surface area is 57.6 Å². The van der Waals surface area contributed by atoms with Crippen molar-refractivity contribution in [1.82, 2.24) is 0 Å². The largest absolute Gasteiger partial charge is 0.0502 e. The van der Waals surface area contributed by atoms with Crippen LogP contribution in [-0.2, 0) is 0 Å². The van der Waals surface area contributed by atoms with E-state index in [0.29, 0.717) is 5.92 Å². The van der Waals surface area contributed by atoms with Gasteiger partial charge in [-0.15, -0.1) is 0 Å². The lowest BCUT2D eigenvalue weighted by molar-refractivity contribution is 0.299. The smallest absolute Gasteiger partial charge is 0.0318 e. The van der Waals surface area contributed by atoms with E-state index in [9.17, 15) is 0 Å². The highest BCUT2D eigenvalue weighted by Crippen LogP contribution is 2.43. The molecule has 0 nitrogen and oxygen atoms in total. The first-order valence-corrected chi connectivity index (χ1v) is 4.10. The van der Waals surface area contributed by atoms with Gasteiger partial charge in [0.25, 0.3) is 0 Å². The van der Waals surface area contributed by atoms with E-state index in [4.69, 9.17) is 6.92 Å². The van der Waals surface area contributed by atoms with Crippen LogP contribution in [0.4, 0.5) is 0 Å². The van der Waals surface area contributed by atoms with Crippen LogP contribution in [0.2, 0.25) is 0 Å². The number of fused-ring (bicyclic) bond motifs is 2. The normalized spacial score (nSPS) is 49.7. The Morgan fingerprint density at radius 2 is 1.44 bits per heavy atom. The van der Waals surface area contributed by atoms with Gasteiger partial charge in [-0.3, -0.25) is 0 Å². The van der Waals surface area contributed by atoms with Crippen molar-refractivity contribution in [3.05, 3.63) is 6.92 Å². The van der Waals surface area contributed by atoms with E-state index < -0.39 is 0 Å². The average Bonchev–Trinajstić information content (AvgIpc) is 2.11. The van der Waals surface area contributed by atoms with Gasteiger partial charge in [0.05, 0.1) is 0 Å². The maximum Gasteiger partial charge on any atom is -0.0318 e. The van der Waals surface area contributed by atoms with Crippen LogP contribution in [0.3, 0.4) is 0 Å². The summed E-state index contributed by atoms with van der Waals surface area (Å²) in [5.74, 6) is 2.58.